The van der Waals surface area contributed by atoms with Crippen molar-refractivity contribution in [3.05, 3.63) is 53.6 Å². The van der Waals surface area contributed by atoms with Crippen LogP contribution < -0.4 is 0 Å². The van der Waals surface area contributed by atoms with E-state index in [1.165, 1.54) is 18.6 Å². The molecule has 12 nitrogen and oxygen atoms in total. The molecule has 0 spiro atoms. The lowest BCUT2D eigenvalue weighted by molar-refractivity contribution is -0.265. The smallest absolute Gasteiger partial charge is 0.308 e. The van der Waals surface area contributed by atoms with E-state index in [4.69, 9.17) is 18.4 Å². The van der Waals surface area contributed by atoms with Crippen molar-refractivity contribution in [2.24, 2.45) is 23.7 Å². The molecule has 4 rings (SSSR count). The van der Waals surface area contributed by atoms with E-state index >= 15 is 0 Å². The summed E-state index contributed by atoms with van der Waals surface area (Å²) in [4.78, 5) is 31.9. The molecule has 0 aliphatic carbocycles. The van der Waals surface area contributed by atoms with Crippen LogP contribution >= 0.6 is 0 Å². The van der Waals surface area contributed by atoms with Crippen LogP contribution in [-0.2, 0) is 38.1 Å². The minimum Gasteiger partial charge on any atom is -0.462 e. The lowest BCUT2D eigenvalue weighted by Crippen LogP contribution is -2.55. The Morgan fingerprint density at radius 1 is 0.964 bits per heavy atom. The monoisotopic (exact) mass is 804 g/mol. The number of ketones is 1. The number of piperidine rings is 1. The number of allylic oxidation sites excluding steroid dienone is 3. The van der Waals surface area contributed by atoms with Crippen molar-refractivity contribution in [3.8, 4) is 0 Å². The molecule has 11 unspecified atom stereocenters. The van der Waals surface area contributed by atoms with Crippen molar-refractivity contribution >= 4 is 21.9 Å². The second-order valence-electron chi connectivity index (χ2n) is 16.6. The van der Waals surface area contributed by atoms with Crippen LogP contribution in [-0.4, -0.2) is 123 Å². The summed E-state index contributed by atoms with van der Waals surface area (Å²) in [6.07, 6.45) is 5.77. The molecule has 1 aromatic rings. The summed E-state index contributed by atoms with van der Waals surface area (Å²) < 4.78 is 50.9. The highest BCUT2D eigenvalue weighted by atomic mass is 32.2. The minimum absolute atomic E-state index is 0.0196. The lowest BCUT2D eigenvalue weighted by Gasteiger charge is -2.44. The number of benzene rings is 1. The number of cyclic esters (lactones) is 1. The summed E-state index contributed by atoms with van der Waals surface area (Å²) in [6, 6.07) is 6.14. The number of aliphatic hydroxyl groups is 2. The molecule has 1 aromatic carbocycles. The number of carbonyl (C=O) groups is 2. The van der Waals surface area contributed by atoms with Gasteiger partial charge in [0.15, 0.2) is 12.1 Å². The Hall–Kier alpha value is -2.49. The first-order valence-electron chi connectivity index (χ1n) is 20.6. The van der Waals surface area contributed by atoms with Gasteiger partial charge in [0.1, 0.15) is 6.10 Å². The average molecular weight is 805 g/mol. The van der Waals surface area contributed by atoms with E-state index in [-0.39, 0.29) is 41.6 Å². The van der Waals surface area contributed by atoms with Crippen molar-refractivity contribution in [1.82, 2.24) is 9.80 Å². The molecule has 3 aliphatic rings. The van der Waals surface area contributed by atoms with Gasteiger partial charge in [-0.3, -0.25) is 13.8 Å². The zero-order valence-corrected chi connectivity index (χ0v) is 35.7. The van der Waals surface area contributed by atoms with Gasteiger partial charge in [0.25, 0.3) is 10.1 Å². The Morgan fingerprint density at radius 2 is 1.64 bits per heavy atom. The van der Waals surface area contributed by atoms with E-state index < -0.39 is 64.7 Å². The van der Waals surface area contributed by atoms with Crippen LogP contribution in [0.4, 0.5) is 0 Å². The van der Waals surface area contributed by atoms with Gasteiger partial charge in [-0.25, -0.2) is 0 Å². The summed E-state index contributed by atoms with van der Waals surface area (Å²) in [5.41, 5.74) is 1.59. The fraction of sp³-hybridized carbons (Fsp3) is 0.721. The Bertz CT molecular complexity index is 1570. The zero-order chi connectivity index (χ0) is 41.2. The SMILES string of the molecule is CCC1OC(=O)CC(O)C(C)C(OC2CC(N(C)C)C(O)C(C)O2)C(CCN2CCCCC2)CC(C)C(=O)/C=C/C(C)=C/C1COS(=O)(=O)c1ccc(C)cc1. The van der Waals surface area contributed by atoms with Gasteiger partial charge in [-0.2, -0.15) is 8.42 Å². The molecule has 0 amide bonds. The fourth-order valence-corrected chi connectivity index (χ4v) is 9.17. The van der Waals surface area contributed by atoms with Gasteiger partial charge in [-0.15, -0.1) is 0 Å². The van der Waals surface area contributed by atoms with Gasteiger partial charge >= 0.3 is 5.97 Å². The number of likely N-dealkylation sites (N-methyl/N-ethyl adjacent to an activating group) is 1. The van der Waals surface area contributed by atoms with Crippen molar-refractivity contribution in [1.29, 1.82) is 0 Å². The van der Waals surface area contributed by atoms with Crippen LogP contribution in [0.3, 0.4) is 0 Å². The maximum absolute atomic E-state index is 13.8. The van der Waals surface area contributed by atoms with Crippen LogP contribution in [0.2, 0.25) is 0 Å². The number of esters is 1. The van der Waals surface area contributed by atoms with Crippen LogP contribution in [0.1, 0.15) is 91.5 Å². The number of hydrogen-bond donors (Lipinski definition) is 2. The molecule has 0 bridgehead atoms. The number of rotatable bonds is 11. The number of nitrogens with zero attached hydrogens (tertiary/aromatic N) is 2. The molecule has 316 valence electrons. The van der Waals surface area contributed by atoms with E-state index in [2.05, 4.69) is 4.90 Å². The van der Waals surface area contributed by atoms with Crippen LogP contribution in [0.5, 0.6) is 0 Å². The second kappa shape index (κ2) is 21.5. The number of aliphatic hydroxyl groups excluding tert-OH is 2. The van der Waals surface area contributed by atoms with Gasteiger partial charge in [-0.1, -0.05) is 62.6 Å². The summed E-state index contributed by atoms with van der Waals surface area (Å²) in [7, 11) is -0.293. The largest absolute Gasteiger partial charge is 0.462 e. The van der Waals surface area contributed by atoms with Gasteiger partial charge in [0, 0.05) is 30.2 Å². The molecule has 11 atom stereocenters. The summed E-state index contributed by atoms with van der Waals surface area (Å²) >= 11 is 0. The van der Waals surface area contributed by atoms with Crippen molar-refractivity contribution in [2.75, 3.05) is 40.3 Å². The first-order chi connectivity index (χ1) is 26.5. The van der Waals surface area contributed by atoms with Crippen LogP contribution in [0, 0.1) is 30.6 Å². The summed E-state index contributed by atoms with van der Waals surface area (Å²) in [5, 5.41) is 22.7. The normalized spacial score (nSPS) is 35.1. The van der Waals surface area contributed by atoms with Crippen molar-refractivity contribution in [2.45, 2.75) is 141 Å². The molecule has 3 aliphatic heterocycles. The van der Waals surface area contributed by atoms with Gasteiger partial charge in [0.2, 0.25) is 0 Å². The molecule has 0 aromatic heterocycles. The van der Waals surface area contributed by atoms with Gasteiger partial charge < -0.3 is 34.2 Å². The number of ether oxygens (including phenoxy) is 3. The summed E-state index contributed by atoms with van der Waals surface area (Å²) in [5.74, 6) is -2.48. The topological polar surface area (TPSA) is 152 Å². The lowest BCUT2D eigenvalue weighted by atomic mass is 9.79. The molecule has 13 heteroatoms. The summed E-state index contributed by atoms with van der Waals surface area (Å²) in [6.45, 7) is 13.7. The highest BCUT2D eigenvalue weighted by Crippen LogP contribution is 2.35. The molecule has 2 saturated heterocycles. The predicted octanol–water partition coefficient (Wildman–Crippen LogP) is 5.44. The Morgan fingerprint density at radius 3 is 2.29 bits per heavy atom. The predicted molar refractivity (Wildman–Crippen MR) is 215 cm³/mol. The molecule has 3 heterocycles. The Balaban J connectivity index is 1.66. The maximum atomic E-state index is 13.8. The molecule has 56 heavy (non-hydrogen) atoms. The van der Waals surface area contributed by atoms with Crippen LogP contribution in [0.15, 0.2) is 53.0 Å². The highest BCUT2D eigenvalue weighted by Gasteiger charge is 2.42. The molecule has 0 radical (unpaired) electrons. The quantitative estimate of drug-likeness (QED) is 0.217. The molecule has 2 N–H and O–H groups in total. The third kappa shape index (κ3) is 13.3. The first kappa shape index (κ1) is 46.2. The fourth-order valence-electron chi connectivity index (χ4n) is 8.23. The molecular formula is C43H68N2O10S. The second-order valence-corrected chi connectivity index (χ2v) is 18.3. The van der Waals surface area contributed by atoms with Gasteiger partial charge in [-0.05, 0) is 111 Å². The highest BCUT2D eigenvalue weighted by molar-refractivity contribution is 7.86. The number of likely N-dealkylation sites (tertiary alicyclic amines) is 1. The van der Waals surface area contributed by atoms with E-state index in [1.54, 1.807) is 30.4 Å². The third-order valence-electron chi connectivity index (χ3n) is 11.9. The van der Waals surface area contributed by atoms with E-state index in [1.807, 2.05) is 60.5 Å². The minimum atomic E-state index is -4.12. The van der Waals surface area contributed by atoms with E-state index in [0.717, 1.165) is 44.5 Å². The van der Waals surface area contributed by atoms with Crippen LogP contribution in [0.25, 0.3) is 0 Å². The van der Waals surface area contributed by atoms with E-state index in [0.29, 0.717) is 24.8 Å². The molecular weight excluding hydrogens is 737 g/mol. The Labute approximate surface area is 335 Å². The molecule has 2 fully saturated rings. The Kier molecular flexibility index (Phi) is 17.7. The number of aryl methyl sites for hydroxylation is 1. The van der Waals surface area contributed by atoms with Crippen molar-refractivity contribution in [3.63, 3.8) is 0 Å². The van der Waals surface area contributed by atoms with Crippen molar-refractivity contribution < 1.29 is 46.6 Å². The number of hydrogen-bond acceptors (Lipinski definition) is 12. The average Bonchev–Trinajstić information content (AvgIpc) is 3.16. The standard InChI is InChI=1S/C43H68N2O10S/c1-9-39-34(27-52-56(50,51)35-16-13-28(2)14-17-35)23-29(3)15-18-37(46)30(4)24-33(19-22-45-20-11-10-12-21-45)43(31(5)38(47)26-40(48)54-39)55-41-25-36(44(7)8)42(49)32(6)53-41/h13-18,23,30-34,36,38-39,41-43,47,49H,9-12,19-22,24-27H2,1-8H3/b18-15+,29-23+. The molecule has 0 saturated carbocycles. The number of carbonyl (C=O) groups excluding carboxylic acids is 2. The third-order valence-corrected chi connectivity index (χ3v) is 13.2. The first-order valence-corrected chi connectivity index (χ1v) is 22.0. The van der Waals surface area contributed by atoms with E-state index in [9.17, 15) is 28.2 Å². The van der Waals surface area contributed by atoms with Gasteiger partial charge in [0.05, 0.1) is 42.3 Å². The maximum Gasteiger partial charge on any atom is 0.308 e. The zero-order valence-electron chi connectivity index (χ0n) is 34.8.